The maximum atomic E-state index is 12.8. The summed E-state index contributed by atoms with van der Waals surface area (Å²) < 4.78 is 5.49. The second-order valence-electron chi connectivity index (χ2n) is 8.63. The molecule has 5 heteroatoms. The Labute approximate surface area is 197 Å². The standard InChI is InChI=1S/C28H33N3O2/c1-4-33-25-15-9-21(10-16-25)19-28(32)29-20-27(23-11-13-24(14-12-23)30(2)3)31-18-17-22-7-5-6-8-26(22)31/h5-16,27H,4,17-20H2,1-3H3,(H,29,32)/t27-/m0/s1. The molecule has 0 saturated heterocycles. The fourth-order valence-electron chi connectivity index (χ4n) is 4.42. The number of rotatable bonds is 9. The minimum absolute atomic E-state index is 0.0292. The van der Waals surface area contributed by atoms with Gasteiger partial charge in [0.1, 0.15) is 5.75 Å². The van der Waals surface area contributed by atoms with Gasteiger partial charge in [-0.25, -0.2) is 0 Å². The van der Waals surface area contributed by atoms with Gasteiger partial charge in [-0.05, 0) is 60.4 Å². The van der Waals surface area contributed by atoms with E-state index in [2.05, 4.69) is 63.6 Å². The maximum Gasteiger partial charge on any atom is 0.224 e. The number of fused-ring (bicyclic) bond motifs is 1. The van der Waals surface area contributed by atoms with Crippen LogP contribution >= 0.6 is 0 Å². The van der Waals surface area contributed by atoms with Crippen molar-refractivity contribution in [3.8, 4) is 5.75 Å². The van der Waals surface area contributed by atoms with Crippen molar-refractivity contribution in [2.24, 2.45) is 0 Å². The van der Waals surface area contributed by atoms with Gasteiger partial charge in [0, 0.05) is 38.6 Å². The predicted octanol–water partition coefficient (Wildman–Crippen LogP) is 4.61. The van der Waals surface area contributed by atoms with E-state index in [1.807, 2.05) is 45.3 Å². The van der Waals surface area contributed by atoms with E-state index in [0.29, 0.717) is 19.6 Å². The van der Waals surface area contributed by atoms with Crippen LogP contribution < -0.4 is 19.9 Å². The van der Waals surface area contributed by atoms with E-state index in [4.69, 9.17) is 4.74 Å². The summed E-state index contributed by atoms with van der Waals surface area (Å²) in [6.07, 6.45) is 1.39. The highest BCUT2D eigenvalue weighted by Crippen LogP contribution is 2.35. The first-order chi connectivity index (χ1) is 16.0. The molecule has 172 valence electrons. The van der Waals surface area contributed by atoms with Crippen molar-refractivity contribution in [3.05, 3.63) is 89.5 Å². The quantitative estimate of drug-likeness (QED) is 0.524. The molecule has 0 bridgehead atoms. The highest BCUT2D eigenvalue weighted by molar-refractivity contribution is 5.78. The van der Waals surface area contributed by atoms with E-state index in [-0.39, 0.29) is 11.9 Å². The number of benzene rings is 3. The fourth-order valence-corrected chi connectivity index (χ4v) is 4.42. The summed E-state index contributed by atoms with van der Waals surface area (Å²) in [5.41, 5.74) is 5.99. The highest BCUT2D eigenvalue weighted by atomic mass is 16.5. The molecule has 33 heavy (non-hydrogen) atoms. The van der Waals surface area contributed by atoms with Gasteiger partial charge in [0.05, 0.1) is 19.1 Å². The van der Waals surface area contributed by atoms with Gasteiger partial charge in [-0.1, -0.05) is 42.5 Å². The maximum absolute atomic E-state index is 12.8. The van der Waals surface area contributed by atoms with Gasteiger partial charge in [0.2, 0.25) is 5.91 Å². The Kier molecular flexibility index (Phi) is 7.18. The minimum atomic E-state index is 0.0292. The minimum Gasteiger partial charge on any atom is -0.494 e. The van der Waals surface area contributed by atoms with Crippen molar-refractivity contribution in [3.63, 3.8) is 0 Å². The number of carbonyl (C=O) groups excluding carboxylic acids is 1. The Morgan fingerprint density at radius 2 is 1.76 bits per heavy atom. The number of anilines is 2. The largest absolute Gasteiger partial charge is 0.494 e. The van der Waals surface area contributed by atoms with Crippen molar-refractivity contribution in [2.45, 2.75) is 25.8 Å². The van der Waals surface area contributed by atoms with Gasteiger partial charge in [-0.15, -0.1) is 0 Å². The Balaban J connectivity index is 1.48. The zero-order chi connectivity index (χ0) is 23.2. The summed E-state index contributed by atoms with van der Waals surface area (Å²) in [6, 6.07) is 25.1. The summed E-state index contributed by atoms with van der Waals surface area (Å²) in [5.74, 6) is 0.858. The lowest BCUT2D eigenvalue weighted by Crippen LogP contribution is -2.38. The van der Waals surface area contributed by atoms with Crippen LogP contribution in [0.4, 0.5) is 11.4 Å². The number of nitrogens with one attached hydrogen (secondary N) is 1. The van der Waals surface area contributed by atoms with E-state index in [0.717, 1.165) is 24.3 Å². The van der Waals surface area contributed by atoms with E-state index >= 15 is 0 Å². The van der Waals surface area contributed by atoms with E-state index in [1.165, 1.54) is 22.5 Å². The van der Waals surface area contributed by atoms with Crippen LogP contribution in [-0.2, 0) is 17.6 Å². The Morgan fingerprint density at radius 1 is 1.03 bits per heavy atom. The zero-order valence-corrected chi connectivity index (χ0v) is 19.8. The summed E-state index contributed by atoms with van der Waals surface area (Å²) in [4.78, 5) is 17.3. The van der Waals surface area contributed by atoms with Crippen molar-refractivity contribution >= 4 is 17.3 Å². The smallest absolute Gasteiger partial charge is 0.224 e. The lowest BCUT2D eigenvalue weighted by molar-refractivity contribution is -0.120. The lowest BCUT2D eigenvalue weighted by Gasteiger charge is -2.31. The van der Waals surface area contributed by atoms with E-state index < -0.39 is 0 Å². The van der Waals surface area contributed by atoms with Gasteiger partial charge >= 0.3 is 0 Å². The second kappa shape index (κ2) is 10.4. The van der Waals surface area contributed by atoms with Crippen molar-refractivity contribution in [1.82, 2.24) is 5.32 Å². The average molecular weight is 444 g/mol. The van der Waals surface area contributed by atoms with E-state index in [9.17, 15) is 4.79 Å². The number of nitrogens with zero attached hydrogens (tertiary/aromatic N) is 2. The van der Waals surface area contributed by atoms with Crippen LogP contribution in [0.5, 0.6) is 5.75 Å². The SMILES string of the molecule is CCOc1ccc(CC(=O)NC[C@@H](c2ccc(N(C)C)cc2)N2CCc3ccccc32)cc1. The number of para-hydroxylation sites is 1. The van der Waals surface area contributed by atoms with Gasteiger partial charge in [0.25, 0.3) is 0 Å². The highest BCUT2D eigenvalue weighted by Gasteiger charge is 2.27. The molecule has 5 nitrogen and oxygen atoms in total. The van der Waals surface area contributed by atoms with Crippen LogP contribution in [0.3, 0.4) is 0 Å². The molecule has 1 aliphatic rings. The van der Waals surface area contributed by atoms with Crippen LogP contribution in [0.15, 0.2) is 72.8 Å². The number of hydrogen-bond donors (Lipinski definition) is 1. The van der Waals surface area contributed by atoms with Crippen LogP contribution in [0.25, 0.3) is 0 Å². The zero-order valence-electron chi connectivity index (χ0n) is 19.8. The number of amides is 1. The molecule has 0 radical (unpaired) electrons. The van der Waals surface area contributed by atoms with Gasteiger partial charge in [-0.3, -0.25) is 4.79 Å². The first-order valence-corrected chi connectivity index (χ1v) is 11.7. The molecule has 1 atom stereocenters. The van der Waals surface area contributed by atoms with Crippen molar-refractivity contribution in [1.29, 1.82) is 0 Å². The van der Waals surface area contributed by atoms with E-state index in [1.54, 1.807) is 0 Å². The summed E-state index contributed by atoms with van der Waals surface area (Å²) >= 11 is 0. The third-order valence-electron chi connectivity index (χ3n) is 6.19. The Morgan fingerprint density at radius 3 is 2.45 bits per heavy atom. The summed E-state index contributed by atoms with van der Waals surface area (Å²) in [5, 5.41) is 3.19. The second-order valence-corrected chi connectivity index (χ2v) is 8.63. The van der Waals surface area contributed by atoms with Crippen molar-refractivity contribution in [2.75, 3.05) is 43.6 Å². The van der Waals surface area contributed by atoms with Crippen LogP contribution in [-0.4, -0.2) is 39.7 Å². The Hall–Kier alpha value is -3.47. The molecule has 4 rings (SSSR count). The number of ether oxygens (including phenoxy) is 1. The van der Waals surface area contributed by atoms with Crippen LogP contribution in [0.2, 0.25) is 0 Å². The molecule has 0 spiro atoms. The molecule has 0 fully saturated rings. The lowest BCUT2D eigenvalue weighted by atomic mass is 10.0. The average Bonchev–Trinajstić information content (AvgIpc) is 3.25. The molecule has 1 aliphatic heterocycles. The molecular weight excluding hydrogens is 410 g/mol. The third-order valence-corrected chi connectivity index (χ3v) is 6.19. The molecule has 3 aromatic rings. The topological polar surface area (TPSA) is 44.8 Å². The molecule has 0 aromatic heterocycles. The monoisotopic (exact) mass is 443 g/mol. The third kappa shape index (κ3) is 5.48. The van der Waals surface area contributed by atoms with Crippen molar-refractivity contribution < 1.29 is 9.53 Å². The predicted molar refractivity (Wildman–Crippen MR) is 135 cm³/mol. The van der Waals surface area contributed by atoms with Gasteiger partial charge in [0.15, 0.2) is 0 Å². The molecule has 0 unspecified atom stereocenters. The molecule has 1 heterocycles. The van der Waals surface area contributed by atoms with Gasteiger partial charge in [-0.2, -0.15) is 0 Å². The number of hydrogen-bond acceptors (Lipinski definition) is 4. The molecule has 1 amide bonds. The first kappa shape index (κ1) is 22.7. The normalized spacial score (nSPS) is 13.4. The van der Waals surface area contributed by atoms with Crippen LogP contribution in [0.1, 0.15) is 29.7 Å². The first-order valence-electron chi connectivity index (χ1n) is 11.7. The van der Waals surface area contributed by atoms with Gasteiger partial charge < -0.3 is 19.9 Å². The summed E-state index contributed by atoms with van der Waals surface area (Å²) in [7, 11) is 4.09. The molecule has 1 N–H and O–H groups in total. The molecular formula is C28H33N3O2. The fraction of sp³-hybridized carbons (Fsp3) is 0.321. The molecule has 3 aromatic carbocycles. The Bertz CT molecular complexity index is 1060. The molecule has 0 aliphatic carbocycles. The van der Waals surface area contributed by atoms with Crippen LogP contribution in [0, 0.1) is 0 Å². The molecule has 0 saturated carbocycles. The summed E-state index contributed by atoms with van der Waals surface area (Å²) in [6.45, 7) is 4.11. The number of carbonyl (C=O) groups is 1.